The Labute approximate surface area is 87.4 Å². The maximum atomic E-state index is 11.7. The molecule has 1 rings (SSSR count). The maximum Gasteiger partial charge on any atom is 0.323 e. The number of nitrogens with two attached hydrogens (primary N) is 1. The van der Waals surface area contributed by atoms with Crippen molar-refractivity contribution >= 4 is 15.8 Å². The van der Waals surface area contributed by atoms with Crippen molar-refractivity contribution in [1.29, 1.82) is 0 Å². The molecule has 0 aliphatic carbocycles. The summed E-state index contributed by atoms with van der Waals surface area (Å²) in [4.78, 5) is 10.7. The zero-order valence-corrected chi connectivity index (χ0v) is 8.65. The monoisotopic (exact) mass is 229 g/mol. The van der Waals surface area contributed by atoms with Crippen molar-refractivity contribution in [2.45, 2.75) is 10.1 Å². The summed E-state index contributed by atoms with van der Waals surface area (Å²) in [5.41, 5.74) is 5.14. The molecular weight excluding hydrogens is 218 g/mol. The molecule has 6 heteroatoms. The lowest BCUT2D eigenvalue weighted by molar-refractivity contribution is -0.136. The molecule has 0 amide bonds. The Hall–Kier alpha value is -1.40. The van der Waals surface area contributed by atoms with Crippen LogP contribution in [0.4, 0.5) is 0 Å². The molecule has 82 valence electrons. The van der Waals surface area contributed by atoms with Crippen LogP contribution in [-0.2, 0) is 14.6 Å². The normalized spacial score (nSPS) is 13.4. The largest absolute Gasteiger partial charge is 0.480 e. The summed E-state index contributed by atoms with van der Waals surface area (Å²) in [6.45, 7) is -0.438. The van der Waals surface area contributed by atoms with E-state index in [2.05, 4.69) is 0 Å². The molecule has 0 spiro atoms. The summed E-state index contributed by atoms with van der Waals surface area (Å²) in [7, 11) is -3.87. The molecule has 0 aliphatic heterocycles. The third kappa shape index (κ3) is 2.34. The number of carboxylic acids is 1. The van der Waals surface area contributed by atoms with E-state index in [1.807, 2.05) is 0 Å². The number of aliphatic carboxylic acids is 1. The molecule has 3 N–H and O–H groups in total. The van der Waals surface area contributed by atoms with Crippen LogP contribution in [0.25, 0.3) is 0 Å². The quantitative estimate of drug-likeness (QED) is 0.749. The van der Waals surface area contributed by atoms with Crippen molar-refractivity contribution in [3.63, 3.8) is 0 Å². The van der Waals surface area contributed by atoms with Gasteiger partial charge in [-0.05, 0) is 12.1 Å². The Morgan fingerprint density at radius 3 is 2.27 bits per heavy atom. The number of rotatable bonds is 4. The first-order chi connectivity index (χ1) is 7.00. The molecule has 0 aromatic heterocycles. The van der Waals surface area contributed by atoms with Crippen LogP contribution in [0, 0.1) is 0 Å². The van der Waals surface area contributed by atoms with Crippen LogP contribution in [0.3, 0.4) is 0 Å². The Bertz CT molecular complexity index is 440. The number of hydrogen-bond acceptors (Lipinski definition) is 4. The van der Waals surface area contributed by atoms with Gasteiger partial charge in [-0.1, -0.05) is 18.2 Å². The van der Waals surface area contributed by atoms with Crippen LogP contribution in [0.2, 0.25) is 0 Å². The van der Waals surface area contributed by atoms with Gasteiger partial charge in [0.2, 0.25) is 0 Å². The lowest BCUT2D eigenvalue weighted by Crippen LogP contribution is -2.37. The molecule has 0 bridgehead atoms. The van der Waals surface area contributed by atoms with E-state index >= 15 is 0 Å². The Kier molecular flexibility index (Phi) is 3.43. The van der Waals surface area contributed by atoms with Gasteiger partial charge in [0.15, 0.2) is 15.1 Å². The van der Waals surface area contributed by atoms with Crippen LogP contribution in [0.1, 0.15) is 0 Å². The van der Waals surface area contributed by atoms with E-state index < -0.39 is 27.6 Å². The van der Waals surface area contributed by atoms with Gasteiger partial charge in [0, 0.05) is 6.54 Å². The molecule has 1 atom stereocenters. The molecular formula is C9H11NO4S. The third-order valence-electron chi connectivity index (χ3n) is 1.94. The Morgan fingerprint density at radius 2 is 1.87 bits per heavy atom. The van der Waals surface area contributed by atoms with E-state index in [1.54, 1.807) is 6.07 Å². The first kappa shape index (κ1) is 11.7. The summed E-state index contributed by atoms with van der Waals surface area (Å²) < 4.78 is 23.5. The SMILES string of the molecule is NC[C@H](C(=O)O)S(=O)(=O)c1ccccc1. The van der Waals surface area contributed by atoms with Gasteiger partial charge in [-0.25, -0.2) is 8.42 Å². The standard InChI is InChI=1S/C9H11NO4S/c10-6-8(9(11)12)15(13,14)7-4-2-1-3-5-7/h1-5,8H,6,10H2,(H,11,12)/t8-/m1/s1. The van der Waals surface area contributed by atoms with Crippen molar-refractivity contribution < 1.29 is 18.3 Å². The van der Waals surface area contributed by atoms with Gasteiger partial charge in [0.25, 0.3) is 0 Å². The van der Waals surface area contributed by atoms with E-state index in [0.717, 1.165) is 0 Å². The molecule has 0 fully saturated rings. The molecule has 0 saturated carbocycles. The highest BCUT2D eigenvalue weighted by atomic mass is 32.2. The number of benzene rings is 1. The fourth-order valence-electron chi connectivity index (χ4n) is 1.13. The highest BCUT2D eigenvalue weighted by Crippen LogP contribution is 2.15. The Balaban J connectivity index is 3.19. The van der Waals surface area contributed by atoms with Gasteiger partial charge in [-0.3, -0.25) is 4.79 Å². The second-order valence-corrected chi connectivity index (χ2v) is 5.05. The van der Waals surface area contributed by atoms with Gasteiger partial charge in [0.05, 0.1) is 4.90 Å². The van der Waals surface area contributed by atoms with Crippen molar-refractivity contribution in [2.75, 3.05) is 6.54 Å². The smallest absolute Gasteiger partial charge is 0.323 e. The molecule has 0 radical (unpaired) electrons. The average Bonchev–Trinajstić information content (AvgIpc) is 2.19. The lowest BCUT2D eigenvalue weighted by Gasteiger charge is -2.10. The highest BCUT2D eigenvalue weighted by Gasteiger charge is 2.32. The molecule has 0 unspecified atom stereocenters. The minimum absolute atomic E-state index is 0.0251. The minimum Gasteiger partial charge on any atom is -0.480 e. The van der Waals surface area contributed by atoms with Crippen molar-refractivity contribution in [1.82, 2.24) is 0 Å². The zero-order chi connectivity index (χ0) is 11.5. The van der Waals surface area contributed by atoms with Crippen molar-refractivity contribution in [3.8, 4) is 0 Å². The van der Waals surface area contributed by atoms with E-state index in [-0.39, 0.29) is 4.90 Å². The van der Waals surface area contributed by atoms with Crippen LogP contribution in [-0.4, -0.2) is 31.3 Å². The molecule has 0 saturated heterocycles. The van der Waals surface area contributed by atoms with E-state index in [4.69, 9.17) is 10.8 Å². The van der Waals surface area contributed by atoms with Crippen LogP contribution in [0.5, 0.6) is 0 Å². The van der Waals surface area contributed by atoms with Crippen LogP contribution in [0.15, 0.2) is 35.2 Å². The second-order valence-electron chi connectivity index (χ2n) is 2.92. The number of carboxylic acid groups (broad SMARTS) is 1. The number of carbonyl (C=O) groups is 1. The predicted octanol–water partition coefficient (Wildman–Crippen LogP) is -0.128. The number of hydrogen-bond donors (Lipinski definition) is 2. The van der Waals surface area contributed by atoms with E-state index in [1.165, 1.54) is 24.3 Å². The first-order valence-corrected chi connectivity index (χ1v) is 5.76. The van der Waals surface area contributed by atoms with Crippen molar-refractivity contribution in [2.24, 2.45) is 5.73 Å². The van der Waals surface area contributed by atoms with Gasteiger partial charge in [-0.2, -0.15) is 0 Å². The van der Waals surface area contributed by atoms with E-state index in [0.29, 0.717) is 0 Å². The summed E-state index contributed by atoms with van der Waals surface area (Å²) >= 11 is 0. The molecule has 1 aromatic carbocycles. The molecule has 15 heavy (non-hydrogen) atoms. The van der Waals surface area contributed by atoms with Gasteiger partial charge < -0.3 is 10.8 Å². The lowest BCUT2D eigenvalue weighted by atomic mass is 10.4. The van der Waals surface area contributed by atoms with Gasteiger partial charge >= 0.3 is 5.97 Å². The second kappa shape index (κ2) is 4.41. The highest BCUT2D eigenvalue weighted by molar-refractivity contribution is 7.92. The molecule has 0 aliphatic rings. The third-order valence-corrected chi connectivity index (χ3v) is 4.01. The Morgan fingerprint density at radius 1 is 1.33 bits per heavy atom. The first-order valence-electron chi connectivity index (χ1n) is 4.22. The summed E-state index contributed by atoms with van der Waals surface area (Å²) in [5, 5.41) is 7.13. The average molecular weight is 229 g/mol. The minimum atomic E-state index is -3.87. The molecule has 5 nitrogen and oxygen atoms in total. The van der Waals surface area contributed by atoms with Crippen molar-refractivity contribution in [3.05, 3.63) is 30.3 Å². The topological polar surface area (TPSA) is 97.5 Å². The maximum absolute atomic E-state index is 11.7. The molecule has 0 heterocycles. The van der Waals surface area contributed by atoms with Crippen LogP contribution >= 0.6 is 0 Å². The van der Waals surface area contributed by atoms with E-state index in [9.17, 15) is 13.2 Å². The van der Waals surface area contributed by atoms with Crippen LogP contribution < -0.4 is 5.73 Å². The van der Waals surface area contributed by atoms with Gasteiger partial charge in [-0.15, -0.1) is 0 Å². The van der Waals surface area contributed by atoms with Gasteiger partial charge in [0.1, 0.15) is 0 Å². The predicted molar refractivity (Wildman–Crippen MR) is 54.1 cm³/mol. The summed E-state index contributed by atoms with van der Waals surface area (Å²) in [6, 6.07) is 7.41. The summed E-state index contributed by atoms with van der Waals surface area (Å²) in [5.74, 6) is -1.43. The zero-order valence-electron chi connectivity index (χ0n) is 7.83. The molecule has 1 aromatic rings. The number of sulfone groups is 1. The fourth-order valence-corrected chi connectivity index (χ4v) is 2.52. The summed E-state index contributed by atoms with van der Waals surface area (Å²) in [6.07, 6.45) is 0. The fraction of sp³-hybridized carbons (Fsp3) is 0.222.